The molecule has 1 aliphatic carbocycles. The SMILES string of the molecule is CCCOc1cc(C)ccc1CNC(=O)NC(C)(CO)C1CC1. The Labute approximate surface area is 138 Å². The molecule has 5 nitrogen and oxygen atoms in total. The highest BCUT2D eigenvalue weighted by Crippen LogP contribution is 2.39. The number of benzene rings is 1. The predicted molar refractivity (Wildman–Crippen MR) is 90.6 cm³/mol. The fourth-order valence-corrected chi connectivity index (χ4v) is 2.62. The average molecular weight is 320 g/mol. The number of carbonyl (C=O) groups is 1. The first-order valence-corrected chi connectivity index (χ1v) is 8.37. The van der Waals surface area contributed by atoms with Gasteiger partial charge in [0.1, 0.15) is 5.75 Å². The van der Waals surface area contributed by atoms with Gasteiger partial charge < -0.3 is 20.5 Å². The van der Waals surface area contributed by atoms with Gasteiger partial charge in [-0.3, -0.25) is 0 Å². The molecule has 2 amide bonds. The van der Waals surface area contributed by atoms with Gasteiger partial charge in [0.2, 0.25) is 0 Å². The number of amides is 2. The number of rotatable bonds is 8. The lowest BCUT2D eigenvalue weighted by Crippen LogP contribution is -2.53. The van der Waals surface area contributed by atoms with Gasteiger partial charge in [0.15, 0.2) is 0 Å². The minimum Gasteiger partial charge on any atom is -0.493 e. The van der Waals surface area contributed by atoms with Crippen LogP contribution in [0.5, 0.6) is 5.75 Å². The van der Waals surface area contributed by atoms with Crippen LogP contribution >= 0.6 is 0 Å². The van der Waals surface area contributed by atoms with Gasteiger partial charge >= 0.3 is 6.03 Å². The van der Waals surface area contributed by atoms with Gasteiger partial charge in [-0.2, -0.15) is 0 Å². The highest BCUT2D eigenvalue weighted by atomic mass is 16.5. The van der Waals surface area contributed by atoms with Crippen molar-refractivity contribution in [3.05, 3.63) is 29.3 Å². The zero-order chi connectivity index (χ0) is 16.9. The number of aliphatic hydroxyl groups excluding tert-OH is 1. The van der Waals surface area contributed by atoms with E-state index in [1.165, 1.54) is 0 Å². The number of ether oxygens (including phenoxy) is 1. The van der Waals surface area contributed by atoms with E-state index in [2.05, 4.69) is 17.6 Å². The molecular formula is C18H28N2O3. The number of aliphatic hydroxyl groups is 1. The Hall–Kier alpha value is -1.75. The zero-order valence-corrected chi connectivity index (χ0v) is 14.3. The lowest BCUT2D eigenvalue weighted by Gasteiger charge is -2.28. The summed E-state index contributed by atoms with van der Waals surface area (Å²) in [5, 5.41) is 15.3. The fourth-order valence-electron chi connectivity index (χ4n) is 2.62. The smallest absolute Gasteiger partial charge is 0.315 e. The first-order valence-electron chi connectivity index (χ1n) is 8.37. The Morgan fingerprint density at radius 3 is 2.78 bits per heavy atom. The summed E-state index contributed by atoms with van der Waals surface area (Å²) in [5.74, 6) is 1.19. The minimum atomic E-state index is -0.529. The summed E-state index contributed by atoms with van der Waals surface area (Å²) in [7, 11) is 0. The van der Waals surface area contributed by atoms with Crippen molar-refractivity contribution in [1.82, 2.24) is 10.6 Å². The van der Waals surface area contributed by atoms with Crippen molar-refractivity contribution in [3.63, 3.8) is 0 Å². The Morgan fingerprint density at radius 1 is 1.43 bits per heavy atom. The fraction of sp³-hybridized carbons (Fsp3) is 0.611. The van der Waals surface area contributed by atoms with E-state index in [0.717, 1.165) is 36.1 Å². The molecular weight excluding hydrogens is 292 g/mol. The van der Waals surface area contributed by atoms with Crippen LogP contribution in [0.4, 0.5) is 4.79 Å². The van der Waals surface area contributed by atoms with Crippen molar-refractivity contribution in [3.8, 4) is 5.75 Å². The number of carbonyl (C=O) groups excluding carboxylic acids is 1. The maximum absolute atomic E-state index is 12.1. The molecule has 0 aromatic heterocycles. The summed E-state index contributed by atoms with van der Waals surface area (Å²) >= 11 is 0. The van der Waals surface area contributed by atoms with E-state index in [0.29, 0.717) is 19.1 Å². The van der Waals surface area contributed by atoms with E-state index < -0.39 is 5.54 Å². The number of hydrogen-bond acceptors (Lipinski definition) is 3. The number of nitrogens with one attached hydrogen (secondary N) is 2. The average Bonchev–Trinajstić information content (AvgIpc) is 3.37. The summed E-state index contributed by atoms with van der Waals surface area (Å²) in [6.07, 6.45) is 3.06. The summed E-state index contributed by atoms with van der Waals surface area (Å²) in [4.78, 5) is 12.1. The summed E-state index contributed by atoms with van der Waals surface area (Å²) in [6.45, 7) is 7.00. The summed E-state index contributed by atoms with van der Waals surface area (Å²) < 4.78 is 5.76. The van der Waals surface area contributed by atoms with Crippen LogP contribution in [0, 0.1) is 12.8 Å². The molecule has 23 heavy (non-hydrogen) atoms. The zero-order valence-electron chi connectivity index (χ0n) is 14.3. The quantitative estimate of drug-likeness (QED) is 0.690. The number of aryl methyl sites for hydroxylation is 1. The van der Waals surface area contributed by atoms with Crippen LogP contribution in [-0.2, 0) is 6.54 Å². The number of urea groups is 1. The van der Waals surface area contributed by atoms with Crippen LogP contribution < -0.4 is 15.4 Å². The Bertz CT molecular complexity index is 543. The van der Waals surface area contributed by atoms with Crippen LogP contribution in [0.25, 0.3) is 0 Å². The van der Waals surface area contributed by atoms with Crippen molar-refractivity contribution >= 4 is 6.03 Å². The molecule has 0 heterocycles. The van der Waals surface area contributed by atoms with E-state index in [1.54, 1.807) is 0 Å². The largest absolute Gasteiger partial charge is 0.493 e. The second kappa shape index (κ2) is 7.68. The van der Waals surface area contributed by atoms with Gasteiger partial charge in [-0.1, -0.05) is 19.1 Å². The van der Waals surface area contributed by atoms with E-state index in [4.69, 9.17) is 4.74 Å². The van der Waals surface area contributed by atoms with E-state index in [-0.39, 0.29) is 12.6 Å². The maximum atomic E-state index is 12.1. The monoisotopic (exact) mass is 320 g/mol. The molecule has 0 aliphatic heterocycles. The molecule has 1 fully saturated rings. The predicted octanol–water partition coefficient (Wildman–Crippen LogP) is 2.74. The molecule has 1 atom stereocenters. The molecule has 5 heteroatoms. The molecule has 128 valence electrons. The summed E-state index contributed by atoms with van der Waals surface area (Å²) in [6, 6.07) is 5.73. The second-order valence-electron chi connectivity index (χ2n) is 6.62. The van der Waals surface area contributed by atoms with Crippen LogP contribution in [0.15, 0.2) is 18.2 Å². The van der Waals surface area contributed by atoms with Crippen molar-refractivity contribution < 1.29 is 14.6 Å². The topological polar surface area (TPSA) is 70.6 Å². The summed E-state index contributed by atoms with van der Waals surface area (Å²) in [5.41, 5.74) is 1.56. The maximum Gasteiger partial charge on any atom is 0.315 e. The molecule has 0 spiro atoms. The lowest BCUT2D eigenvalue weighted by molar-refractivity contribution is 0.155. The highest BCUT2D eigenvalue weighted by Gasteiger charge is 2.42. The Balaban J connectivity index is 1.93. The lowest BCUT2D eigenvalue weighted by atomic mass is 9.97. The van der Waals surface area contributed by atoms with Gasteiger partial charge in [-0.15, -0.1) is 0 Å². The van der Waals surface area contributed by atoms with Crippen molar-refractivity contribution in [2.75, 3.05) is 13.2 Å². The van der Waals surface area contributed by atoms with Crippen molar-refractivity contribution in [2.24, 2.45) is 5.92 Å². The van der Waals surface area contributed by atoms with Gasteiger partial charge in [-0.05, 0) is 50.7 Å². The Morgan fingerprint density at radius 2 is 2.17 bits per heavy atom. The molecule has 1 aromatic carbocycles. The Kier molecular flexibility index (Phi) is 5.88. The van der Waals surface area contributed by atoms with E-state index in [9.17, 15) is 9.90 Å². The standard InChI is InChI=1S/C18H28N2O3/c1-4-9-23-16-10-13(2)5-6-14(16)11-19-17(22)20-18(3,12-21)15-7-8-15/h5-6,10,15,21H,4,7-9,11-12H2,1-3H3,(H2,19,20,22). The van der Waals surface area contributed by atoms with Gasteiger partial charge in [0.05, 0.1) is 18.8 Å². The molecule has 2 rings (SSSR count). The third-order valence-electron chi connectivity index (χ3n) is 4.33. The first-order chi connectivity index (χ1) is 11.0. The molecule has 0 radical (unpaired) electrons. The van der Waals surface area contributed by atoms with Crippen LogP contribution in [-0.4, -0.2) is 29.9 Å². The molecule has 0 bridgehead atoms. The van der Waals surface area contributed by atoms with Gasteiger partial charge in [0, 0.05) is 12.1 Å². The van der Waals surface area contributed by atoms with Crippen LogP contribution in [0.3, 0.4) is 0 Å². The molecule has 1 aliphatic rings. The number of hydrogen-bond donors (Lipinski definition) is 3. The first kappa shape index (κ1) is 17.6. The van der Waals surface area contributed by atoms with Gasteiger partial charge in [0.25, 0.3) is 0 Å². The molecule has 1 saturated carbocycles. The van der Waals surface area contributed by atoms with E-state index in [1.807, 2.05) is 32.0 Å². The molecule has 1 unspecified atom stereocenters. The normalized spacial score (nSPS) is 16.5. The van der Waals surface area contributed by atoms with Crippen molar-refractivity contribution in [2.45, 2.75) is 52.1 Å². The molecule has 0 saturated heterocycles. The highest BCUT2D eigenvalue weighted by molar-refractivity contribution is 5.75. The third kappa shape index (κ3) is 4.86. The molecule has 3 N–H and O–H groups in total. The third-order valence-corrected chi connectivity index (χ3v) is 4.33. The van der Waals surface area contributed by atoms with E-state index >= 15 is 0 Å². The second-order valence-corrected chi connectivity index (χ2v) is 6.62. The molecule has 1 aromatic rings. The van der Waals surface area contributed by atoms with Crippen molar-refractivity contribution in [1.29, 1.82) is 0 Å². The van der Waals surface area contributed by atoms with Gasteiger partial charge in [-0.25, -0.2) is 4.79 Å². The van der Waals surface area contributed by atoms with Crippen LogP contribution in [0.2, 0.25) is 0 Å². The minimum absolute atomic E-state index is 0.0412. The van der Waals surface area contributed by atoms with Crippen LogP contribution in [0.1, 0.15) is 44.2 Å².